The quantitative estimate of drug-likeness (QED) is 0.0877. The van der Waals surface area contributed by atoms with E-state index >= 15 is 0 Å². The Balaban J connectivity index is 0.000000247. The summed E-state index contributed by atoms with van der Waals surface area (Å²) in [5.74, 6) is 2.56. The van der Waals surface area contributed by atoms with E-state index in [1.54, 1.807) is 42.3 Å². The summed E-state index contributed by atoms with van der Waals surface area (Å²) in [7, 11) is 6.24. The fourth-order valence-corrected chi connectivity index (χ4v) is 7.86. The summed E-state index contributed by atoms with van der Waals surface area (Å²) in [6.45, 7) is 17.8. The van der Waals surface area contributed by atoms with Crippen LogP contribution in [0.5, 0.6) is 34.5 Å². The monoisotopic (exact) mass is 908 g/mol. The van der Waals surface area contributed by atoms with Crippen molar-refractivity contribution in [3.63, 3.8) is 0 Å². The number of ketones is 2. The van der Waals surface area contributed by atoms with Crippen molar-refractivity contribution in [3.05, 3.63) is 82.9 Å². The molecule has 0 amide bonds. The van der Waals surface area contributed by atoms with Gasteiger partial charge >= 0.3 is 11.9 Å². The predicted molar refractivity (Wildman–Crippen MR) is 255 cm³/mol. The molecule has 4 aromatic rings. The largest absolute Gasteiger partial charge is 0.493 e. The van der Waals surface area contributed by atoms with Gasteiger partial charge in [-0.2, -0.15) is 0 Å². The third kappa shape index (κ3) is 11.5. The van der Waals surface area contributed by atoms with Gasteiger partial charge in [0.25, 0.3) is 0 Å². The molecule has 0 saturated heterocycles. The van der Waals surface area contributed by atoms with Crippen molar-refractivity contribution in [1.29, 1.82) is 0 Å². The van der Waals surface area contributed by atoms with Gasteiger partial charge in [0.15, 0.2) is 34.6 Å². The molecule has 66 heavy (non-hydrogen) atoms. The number of esters is 2. The molecule has 12 heteroatoms. The molecular weight excluding hydrogens is 841 g/mol. The highest BCUT2D eigenvalue weighted by Gasteiger charge is 2.35. The zero-order valence-corrected chi connectivity index (χ0v) is 41.1. The van der Waals surface area contributed by atoms with Crippen molar-refractivity contribution in [1.82, 2.24) is 0 Å². The Morgan fingerprint density at radius 3 is 1.29 bits per heavy atom. The normalized spacial score (nSPS) is 13.3. The Labute approximate surface area is 390 Å². The van der Waals surface area contributed by atoms with Gasteiger partial charge in [-0.3, -0.25) is 19.2 Å². The number of fused-ring (bicyclic) bond motifs is 2. The molecular formula is C54H68O12. The van der Waals surface area contributed by atoms with Crippen LogP contribution in [0.4, 0.5) is 0 Å². The summed E-state index contributed by atoms with van der Waals surface area (Å²) in [4.78, 5) is 50.2. The highest BCUT2D eigenvalue weighted by Crippen LogP contribution is 2.49. The molecule has 0 aliphatic heterocycles. The molecule has 0 spiro atoms. The third-order valence-corrected chi connectivity index (χ3v) is 11.8. The number of carbonyl (C=O) groups excluding carboxylic acids is 4. The van der Waals surface area contributed by atoms with Gasteiger partial charge in [0, 0.05) is 35.1 Å². The van der Waals surface area contributed by atoms with Crippen molar-refractivity contribution >= 4 is 23.5 Å². The lowest BCUT2D eigenvalue weighted by Crippen LogP contribution is -2.35. The molecule has 2 aliphatic rings. The number of ether oxygens (including phenoxy) is 8. The first-order chi connectivity index (χ1) is 31.2. The van der Waals surface area contributed by atoms with E-state index in [0.717, 1.165) is 57.3 Å². The average molecular weight is 909 g/mol. The van der Waals surface area contributed by atoms with Gasteiger partial charge in [0.2, 0.25) is 11.5 Å². The van der Waals surface area contributed by atoms with Gasteiger partial charge in [-0.1, -0.05) is 71.0 Å². The maximum atomic E-state index is 12.8. The first-order valence-corrected chi connectivity index (χ1v) is 22.7. The molecule has 0 fully saturated rings. The van der Waals surface area contributed by atoms with Crippen LogP contribution in [0.3, 0.4) is 0 Å². The smallest absolute Gasteiger partial charge is 0.315 e. The van der Waals surface area contributed by atoms with E-state index in [9.17, 15) is 19.2 Å². The summed E-state index contributed by atoms with van der Waals surface area (Å²) in [5.41, 5.74) is 5.06. The Bertz CT molecular complexity index is 2400. The van der Waals surface area contributed by atoms with Crippen LogP contribution in [-0.4, -0.2) is 77.9 Å². The molecule has 0 N–H and O–H groups in total. The number of carbonyl (C=O) groups is 4. The summed E-state index contributed by atoms with van der Waals surface area (Å²) in [5, 5.41) is 0. The van der Waals surface area contributed by atoms with E-state index in [-0.39, 0.29) is 48.2 Å². The SMILES string of the molecule is CCC(CC)OC(=O)C(C)(C)COc1c(-c2cccc3c2CCC3=O)ccc(OC)c1OC.COc1ccc(-c2cccc3c2CCC3=O)c(OCC(C)(C)C(=O)OCC(C)(C)C)c1OC. The molecule has 0 saturated carbocycles. The lowest BCUT2D eigenvalue weighted by molar-refractivity contribution is -0.161. The topological polar surface area (TPSA) is 142 Å². The Morgan fingerprint density at radius 1 is 0.500 bits per heavy atom. The van der Waals surface area contributed by atoms with Gasteiger partial charge in [-0.15, -0.1) is 0 Å². The molecule has 12 nitrogen and oxygen atoms in total. The minimum atomic E-state index is -0.884. The molecule has 0 atom stereocenters. The molecule has 0 unspecified atom stereocenters. The Kier molecular flexibility index (Phi) is 16.6. The number of hydrogen-bond donors (Lipinski definition) is 0. The van der Waals surface area contributed by atoms with E-state index in [2.05, 4.69) is 0 Å². The molecule has 0 radical (unpaired) electrons. The second kappa shape index (κ2) is 21.5. The second-order valence-electron chi connectivity index (χ2n) is 19.2. The second-order valence-corrected chi connectivity index (χ2v) is 19.2. The molecule has 0 bridgehead atoms. The van der Waals surface area contributed by atoms with Crippen molar-refractivity contribution < 1.29 is 57.1 Å². The van der Waals surface area contributed by atoms with E-state index in [0.29, 0.717) is 66.8 Å². The maximum Gasteiger partial charge on any atom is 0.315 e. The summed E-state index contributed by atoms with van der Waals surface area (Å²) in [6.07, 6.45) is 3.81. The number of methoxy groups -OCH3 is 4. The Morgan fingerprint density at radius 2 is 0.909 bits per heavy atom. The van der Waals surface area contributed by atoms with Gasteiger partial charge in [0.05, 0.1) is 45.9 Å². The fraction of sp³-hybridized carbons (Fsp3) is 0.481. The highest BCUT2D eigenvalue weighted by molar-refractivity contribution is 6.03. The first kappa shape index (κ1) is 51.0. The van der Waals surface area contributed by atoms with Crippen molar-refractivity contribution in [2.24, 2.45) is 16.2 Å². The van der Waals surface area contributed by atoms with Crippen LogP contribution >= 0.6 is 0 Å². The number of rotatable bonds is 18. The van der Waals surface area contributed by atoms with E-state index in [4.69, 9.17) is 37.9 Å². The van der Waals surface area contributed by atoms with Gasteiger partial charge in [-0.05, 0) is 105 Å². The minimum Gasteiger partial charge on any atom is -0.493 e. The van der Waals surface area contributed by atoms with Crippen molar-refractivity contribution in [3.8, 4) is 56.8 Å². The zero-order chi connectivity index (χ0) is 48.6. The molecule has 4 aromatic carbocycles. The van der Waals surface area contributed by atoms with Crippen LogP contribution in [0.2, 0.25) is 0 Å². The van der Waals surface area contributed by atoms with E-state index in [1.807, 2.05) is 109 Å². The molecule has 6 rings (SSSR count). The summed E-state index contributed by atoms with van der Waals surface area (Å²) >= 11 is 0. The van der Waals surface area contributed by atoms with Crippen LogP contribution in [-0.2, 0) is 31.9 Å². The molecule has 0 heterocycles. The molecule has 2 aliphatic carbocycles. The Hall–Kier alpha value is -6.04. The number of hydrogen-bond acceptors (Lipinski definition) is 12. The van der Waals surface area contributed by atoms with Crippen LogP contribution in [0.25, 0.3) is 22.3 Å². The fourth-order valence-electron chi connectivity index (χ4n) is 7.86. The van der Waals surface area contributed by atoms with E-state index in [1.165, 1.54) is 0 Å². The lowest BCUT2D eigenvalue weighted by atomic mass is 9.93. The van der Waals surface area contributed by atoms with Crippen molar-refractivity contribution in [2.45, 2.75) is 107 Å². The van der Waals surface area contributed by atoms with Crippen LogP contribution in [0.1, 0.15) is 120 Å². The van der Waals surface area contributed by atoms with Gasteiger partial charge < -0.3 is 37.9 Å². The summed E-state index contributed by atoms with van der Waals surface area (Å²) in [6, 6.07) is 18.9. The average Bonchev–Trinajstić information content (AvgIpc) is 3.88. The van der Waals surface area contributed by atoms with Crippen LogP contribution in [0.15, 0.2) is 60.7 Å². The third-order valence-electron chi connectivity index (χ3n) is 11.8. The van der Waals surface area contributed by atoms with Crippen molar-refractivity contribution in [2.75, 3.05) is 48.3 Å². The standard InChI is InChI=1S/2C27H34O6/c1-26(2,3)15-33-25(29)27(4,5)16-32-23-20(12-14-22(30-6)24(23)31-7)17-9-8-10-19-18(17)11-13-21(19)28;1-7-17(8-2)33-26(29)27(3,4)16-32-24-21(13-15-23(30-5)25(24)31-6)18-10-9-11-20-19(18)12-14-22(20)28/h8-10,12,14H,11,13,15-16H2,1-7H3;9-11,13,15,17H,7-8,12,14,16H2,1-6H3. The first-order valence-electron chi connectivity index (χ1n) is 22.7. The number of benzene rings is 4. The van der Waals surface area contributed by atoms with Crippen LogP contribution < -0.4 is 28.4 Å². The zero-order valence-electron chi connectivity index (χ0n) is 41.1. The van der Waals surface area contributed by atoms with E-state index < -0.39 is 10.8 Å². The van der Waals surface area contributed by atoms with Gasteiger partial charge in [0.1, 0.15) is 19.3 Å². The van der Waals surface area contributed by atoms with Crippen LogP contribution in [0, 0.1) is 16.2 Å². The lowest BCUT2D eigenvalue weighted by Gasteiger charge is -2.27. The molecule has 0 aromatic heterocycles. The van der Waals surface area contributed by atoms with Gasteiger partial charge in [-0.25, -0.2) is 0 Å². The summed E-state index contributed by atoms with van der Waals surface area (Å²) < 4.78 is 46.1. The maximum absolute atomic E-state index is 12.8. The molecule has 356 valence electrons. The predicted octanol–water partition coefficient (Wildman–Crippen LogP) is 11.1. The highest BCUT2D eigenvalue weighted by atomic mass is 16.6. The number of Topliss-reactive ketones (excluding diaryl/α,β-unsaturated/α-hetero) is 2. The minimum absolute atomic E-state index is 0.0838.